The van der Waals surface area contributed by atoms with Gasteiger partial charge in [-0.15, -0.1) is 0 Å². The highest BCUT2D eigenvalue weighted by molar-refractivity contribution is 5.77. The highest BCUT2D eigenvalue weighted by Gasteiger charge is 2.20. The van der Waals surface area contributed by atoms with Gasteiger partial charge in [-0.05, 0) is 30.9 Å². The topological polar surface area (TPSA) is 69.2 Å². The van der Waals surface area contributed by atoms with E-state index in [0.717, 1.165) is 56.9 Å². The molecule has 1 amide bonds. The Morgan fingerprint density at radius 3 is 2.17 bits per heavy atom. The first-order chi connectivity index (χ1) is 13.7. The number of halogens is 1. The fourth-order valence-electron chi connectivity index (χ4n) is 3.51. The predicted octanol–water partition coefficient (Wildman–Crippen LogP) is 2.82. The summed E-state index contributed by atoms with van der Waals surface area (Å²) in [6.07, 6.45) is 8.25. The van der Waals surface area contributed by atoms with Gasteiger partial charge in [0.25, 0.3) is 0 Å². The van der Waals surface area contributed by atoms with Crippen LogP contribution in [0.4, 0.5) is 4.39 Å². The molecule has 0 aliphatic heterocycles. The molecule has 1 N–H and O–H groups in total. The Morgan fingerprint density at radius 1 is 1.00 bits per heavy atom. The van der Waals surface area contributed by atoms with Crippen LogP contribution >= 0.6 is 0 Å². The van der Waals surface area contributed by atoms with Crippen LogP contribution in [0.15, 0.2) is 24.3 Å². The largest absolute Gasteiger partial charge is 0.550 e. The van der Waals surface area contributed by atoms with Crippen molar-refractivity contribution in [3.8, 4) is 0 Å². The normalized spacial score (nSPS) is 12.6. The Kier molecular flexibility index (Phi) is 11.5. The second-order valence-corrected chi connectivity index (χ2v) is 8.88. The first-order valence-corrected chi connectivity index (χ1v) is 10.7. The lowest BCUT2D eigenvalue weighted by Crippen LogP contribution is -2.50. The number of benzene rings is 1. The molecule has 1 unspecified atom stereocenters. The molecule has 1 atom stereocenters. The van der Waals surface area contributed by atoms with Crippen molar-refractivity contribution in [3.63, 3.8) is 0 Å². The van der Waals surface area contributed by atoms with Gasteiger partial charge < -0.3 is 19.7 Å². The molecule has 1 aromatic rings. The van der Waals surface area contributed by atoms with E-state index in [-0.39, 0.29) is 18.1 Å². The molecule has 5 nitrogen and oxygen atoms in total. The van der Waals surface area contributed by atoms with E-state index < -0.39 is 12.0 Å². The number of rotatable bonds is 15. The molecular weight excluding hydrogens is 371 g/mol. The van der Waals surface area contributed by atoms with Crippen LogP contribution in [-0.4, -0.2) is 50.1 Å². The first kappa shape index (κ1) is 25.1. The molecule has 0 fully saturated rings. The van der Waals surface area contributed by atoms with E-state index in [0.29, 0.717) is 17.4 Å². The predicted molar refractivity (Wildman–Crippen MR) is 111 cm³/mol. The molecule has 0 saturated heterocycles. The Bertz CT molecular complexity index is 629. The maximum Gasteiger partial charge on any atom is 0.220 e. The van der Waals surface area contributed by atoms with Gasteiger partial charge in [-0.25, -0.2) is 4.39 Å². The molecule has 1 aromatic carbocycles. The second-order valence-electron chi connectivity index (χ2n) is 8.88. The van der Waals surface area contributed by atoms with Crippen molar-refractivity contribution in [1.82, 2.24) is 5.32 Å². The summed E-state index contributed by atoms with van der Waals surface area (Å²) in [6.45, 7) is 0.548. The summed E-state index contributed by atoms with van der Waals surface area (Å²) in [5, 5.41) is 13.7. The molecule has 6 heteroatoms. The summed E-state index contributed by atoms with van der Waals surface area (Å²) in [5.74, 6) is -1.34. The minimum absolute atomic E-state index is 0.0883. The number of quaternary nitrogens is 1. The van der Waals surface area contributed by atoms with Crippen LogP contribution in [0, 0.1) is 5.82 Å². The number of hydrogen-bond acceptors (Lipinski definition) is 3. The summed E-state index contributed by atoms with van der Waals surface area (Å²) in [4.78, 5) is 23.0. The van der Waals surface area contributed by atoms with E-state index in [1.807, 2.05) is 33.3 Å². The summed E-state index contributed by atoms with van der Waals surface area (Å²) in [6, 6.07) is 6.54. The molecule has 0 bridgehead atoms. The Hall–Kier alpha value is -1.95. The number of hydrogen-bond donors (Lipinski definition) is 1. The Balaban J connectivity index is 2.09. The quantitative estimate of drug-likeness (QED) is 0.358. The second kappa shape index (κ2) is 13.3. The van der Waals surface area contributed by atoms with Gasteiger partial charge in [0.05, 0.1) is 33.7 Å². The Morgan fingerprint density at radius 2 is 1.59 bits per heavy atom. The van der Waals surface area contributed by atoms with Crippen LogP contribution in [0.2, 0.25) is 0 Å². The smallest absolute Gasteiger partial charge is 0.220 e. The van der Waals surface area contributed by atoms with Gasteiger partial charge in [0.15, 0.2) is 0 Å². The zero-order valence-electron chi connectivity index (χ0n) is 18.2. The third kappa shape index (κ3) is 13.0. The number of carboxylic acids is 1. The van der Waals surface area contributed by atoms with Crippen LogP contribution in [0.1, 0.15) is 63.4 Å². The van der Waals surface area contributed by atoms with Crippen molar-refractivity contribution in [2.45, 2.75) is 70.3 Å². The van der Waals surface area contributed by atoms with E-state index in [9.17, 15) is 19.1 Å². The van der Waals surface area contributed by atoms with Crippen LogP contribution < -0.4 is 10.4 Å². The van der Waals surface area contributed by atoms with Gasteiger partial charge in [0.1, 0.15) is 5.82 Å². The van der Waals surface area contributed by atoms with Crippen LogP contribution in [0.5, 0.6) is 0 Å². The van der Waals surface area contributed by atoms with Crippen molar-refractivity contribution < 1.29 is 23.6 Å². The van der Waals surface area contributed by atoms with Crippen molar-refractivity contribution in [1.29, 1.82) is 0 Å². The van der Waals surface area contributed by atoms with E-state index in [2.05, 4.69) is 5.32 Å². The lowest BCUT2D eigenvalue weighted by molar-refractivity contribution is -0.871. The third-order valence-electron chi connectivity index (χ3n) is 4.85. The number of nitrogens with zero attached hydrogens (tertiary/aromatic N) is 1. The van der Waals surface area contributed by atoms with Crippen molar-refractivity contribution in [3.05, 3.63) is 35.6 Å². The van der Waals surface area contributed by atoms with E-state index in [4.69, 9.17) is 0 Å². The van der Waals surface area contributed by atoms with Gasteiger partial charge in [0.2, 0.25) is 5.91 Å². The van der Waals surface area contributed by atoms with Crippen molar-refractivity contribution in [2.24, 2.45) is 0 Å². The number of unbranched alkanes of at least 4 members (excludes halogenated alkanes) is 6. The average molecular weight is 409 g/mol. The van der Waals surface area contributed by atoms with E-state index in [1.165, 1.54) is 6.07 Å². The zero-order chi connectivity index (χ0) is 21.7. The lowest BCUT2D eigenvalue weighted by Gasteiger charge is -2.30. The van der Waals surface area contributed by atoms with Gasteiger partial charge >= 0.3 is 0 Å². The molecule has 29 heavy (non-hydrogen) atoms. The van der Waals surface area contributed by atoms with Crippen molar-refractivity contribution >= 4 is 11.9 Å². The minimum atomic E-state index is -1.14. The molecule has 0 radical (unpaired) electrons. The van der Waals surface area contributed by atoms with Crippen LogP contribution in [0.25, 0.3) is 0 Å². The molecular formula is C23H37FN2O3. The average Bonchev–Trinajstić information content (AvgIpc) is 2.59. The summed E-state index contributed by atoms with van der Waals surface area (Å²) >= 11 is 0. The van der Waals surface area contributed by atoms with Gasteiger partial charge in [0, 0.05) is 18.8 Å². The molecule has 0 heterocycles. The summed E-state index contributed by atoms with van der Waals surface area (Å²) < 4.78 is 14.1. The number of aryl methyl sites for hydroxylation is 1. The summed E-state index contributed by atoms with van der Waals surface area (Å²) in [7, 11) is 5.89. The first-order valence-electron chi connectivity index (χ1n) is 10.7. The third-order valence-corrected chi connectivity index (χ3v) is 4.85. The monoisotopic (exact) mass is 408 g/mol. The van der Waals surface area contributed by atoms with Gasteiger partial charge in [-0.2, -0.15) is 0 Å². The molecule has 1 rings (SSSR count). The van der Waals surface area contributed by atoms with E-state index in [1.54, 1.807) is 6.07 Å². The molecule has 164 valence electrons. The van der Waals surface area contributed by atoms with E-state index >= 15 is 0 Å². The van der Waals surface area contributed by atoms with Gasteiger partial charge in [-0.3, -0.25) is 4.79 Å². The molecule has 0 aromatic heterocycles. The lowest BCUT2D eigenvalue weighted by atomic mass is 10.0. The maximum absolute atomic E-state index is 13.5. The maximum atomic E-state index is 13.5. The molecule has 0 saturated carbocycles. The number of carbonyl (C=O) groups is 2. The molecule has 0 spiro atoms. The zero-order valence-corrected chi connectivity index (χ0v) is 18.2. The summed E-state index contributed by atoms with van der Waals surface area (Å²) in [5.41, 5.74) is 0.792. The number of nitrogens with one attached hydrogen (secondary N) is 1. The Labute approximate surface area is 174 Å². The molecule has 0 aliphatic carbocycles. The highest BCUT2D eigenvalue weighted by atomic mass is 19.1. The van der Waals surface area contributed by atoms with Crippen LogP contribution in [-0.2, 0) is 16.0 Å². The SMILES string of the molecule is C[N+](C)(C)CC(CC(=O)[O-])NC(=O)CCCCCCCCCc1ccccc1F. The number of carbonyl (C=O) groups excluding carboxylic acids is 2. The number of amides is 1. The number of likely N-dealkylation sites (N-methyl/N-ethyl adjacent to an activating group) is 1. The number of aliphatic carboxylic acids is 1. The van der Waals surface area contributed by atoms with Crippen LogP contribution in [0.3, 0.4) is 0 Å². The highest BCUT2D eigenvalue weighted by Crippen LogP contribution is 2.13. The van der Waals surface area contributed by atoms with Gasteiger partial charge in [-0.1, -0.05) is 50.3 Å². The fourth-order valence-corrected chi connectivity index (χ4v) is 3.51. The number of carboxylic acid groups (broad SMARTS) is 1. The molecule has 0 aliphatic rings. The fraction of sp³-hybridized carbons (Fsp3) is 0.652. The van der Waals surface area contributed by atoms with Crippen molar-refractivity contribution in [2.75, 3.05) is 27.7 Å². The minimum Gasteiger partial charge on any atom is -0.550 e. The standard InChI is InChI=1S/C23H37FN2O3/c1-26(2,3)18-20(17-23(28)29)25-22(27)16-10-8-6-4-5-7-9-13-19-14-11-12-15-21(19)24/h11-12,14-15,20H,4-10,13,16-18H2,1-3H3,(H-,25,27,28,29).